The van der Waals surface area contributed by atoms with E-state index in [1.807, 2.05) is 0 Å². The molecule has 0 saturated carbocycles. The van der Waals surface area contributed by atoms with E-state index >= 15 is 0 Å². The van der Waals surface area contributed by atoms with Gasteiger partial charge in [0.05, 0.1) is 11.5 Å². The molecule has 2 rings (SSSR count). The lowest BCUT2D eigenvalue weighted by Crippen LogP contribution is -2.36. The van der Waals surface area contributed by atoms with Gasteiger partial charge in [0.1, 0.15) is 0 Å². The van der Waals surface area contributed by atoms with Gasteiger partial charge >= 0.3 is 0 Å². The molecule has 0 unspecified atom stereocenters. The Morgan fingerprint density at radius 1 is 1.40 bits per heavy atom. The third kappa shape index (κ3) is 1.95. The summed E-state index contributed by atoms with van der Waals surface area (Å²) in [6.45, 7) is 0.581. The van der Waals surface area contributed by atoms with Gasteiger partial charge < -0.3 is 5.43 Å². The number of hydrazine groups is 2. The molecule has 0 saturated heterocycles. The van der Waals surface area contributed by atoms with Crippen LogP contribution < -0.4 is 11.3 Å². The molecule has 1 aliphatic heterocycles. The molecule has 15 heavy (non-hydrogen) atoms. The summed E-state index contributed by atoms with van der Waals surface area (Å²) < 4.78 is 0. The molecule has 1 aliphatic rings. The maximum absolute atomic E-state index is 10.4. The third-order valence-electron chi connectivity index (χ3n) is 2.19. The van der Waals surface area contributed by atoms with E-state index in [-0.39, 0.29) is 5.69 Å². The number of nitro benzene ring substituents is 1. The van der Waals surface area contributed by atoms with Crippen LogP contribution >= 0.6 is 0 Å². The van der Waals surface area contributed by atoms with Crippen LogP contribution in [-0.4, -0.2) is 16.6 Å². The van der Waals surface area contributed by atoms with Crippen molar-refractivity contribution in [2.75, 3.05) is 6.54 Å². The summed E-state index contributed by atoms with van der Waals surface area (Å²) in [6.07, 6.45) is 1.78. The summed E-state index contributed by atoms with van der Waals surface area (Å²) in [7, 11) is 0. The van der Waals surface area contributed by atoms with Crippen LogP contribution in [0.4, 0.5) is 5.69 Å². The Kier molecular flexibility index (Phi) is 2.36. The lowest BCUT2D eigenvalue weighted by Gasteiger charge is -2.07. The molecule has 6 heteroatoms. The smallest absolute Gasteiger partial charge is 0.269 e. The topological polar surface area (TPSA) is 84.4 Å². The van der Waals surface area contributed by atoms with Gasteiger partial charge in [-0.2, -0.15) is 5.12 Å². The van der Waals surface area contributed by atoms with Crippen molar-refractivity contribution in [2.45, 2.75) is 0 Å². The van der Waals surface area contributed by atoms with Crippen LogP contribution in [0.3, 0.4) is 0 Å². The Bertz CT molecular complexity index is 413. The minimum absolute atomic E-state index is 0.0925. The fraction of sp³-hybridized carbons (Fsp3) is 0.111. The summed E-state index contributed by atoms with van der Waals surface area (Å²) in [4.78, 5) is 10.0. The maximum Gasteiger partial charge on any atom is 0.269 e. The third-order valence-corrected chi connectivity index (χ3v) is 2.19. The predicted molar refractivity (Wildman–Crippen MR) is 55.1 cm³/mol. The Labute approximate surface area is 86.1 Å². The van der Waals surface area contributed by atoms with Gasteiger partial charge in [0.2, 0.25) is 0 Å². The Morgan fingerprint density at radius 2 is 2.07 bits per heavy atom. The zero-order valence-corrected chi connectivity index (χ0v) is 7.88. The van der Waals surface area contributed by atoms with Crippen LogP contribution in [0.25, 0.3) is 5.57 Å². The average Bonchev–Trinajstić information content (AvgIpc) is 2.65. The SMILES string of the molecule is NN1CC(c2ccc([N+](=O)[O-])cc2)=CN1. The van der Waals surface area contributed by atoms with E-state index in [0.717, 1.165) is 11.1 Å². The maximum atomic E-state index is 10.4. The second kappa shape index (κ2) is 3.68. The summed E-state index contributed by atoms with van der Waals surface area (Å²) in [6, 6.07) is 6.39. The highest BCUT2D eigenvalue weighted by Crippen LogP contribution is 2.20. The molecular weight excluding hydrogens is 196 g/mol. The van der Waals surface area contributed by atoms with Crippen molar-refractivity contribution in [3.8, 4) is 0 Å². The average molecular weight is 206 g/mol. The lowest BCUT2D eigenvalue weighted by atomic mass is 10.1. The minimum Gasteiger partial charge on any atom is -0.312 e. The van der Waals surface area contributed by atoms with Crippen LogP contribution in [0, 0.1) is 10.1 Å². The minimum atomic E-state index is -0.416. The van der Waals surface area contributed by atoms with Crippen molar-refractivity contribution in [1.82, 2.24) is 10.5 Å². The molecule has 1 heterocycles. The molecule has 6 nitrogen and oxygen atoms in total. The molecule has 3 N–H and O–H groups in total. The summed E-state index contributed by atoms with van der Waals surface area (Å²) >= 11 is 0. The number of hydrogen-bond donors (Lipinski definition) is 2. The van der Waals surface area contributed by atoms with Crippen LogP contribution in [0.2, 0.25) is 0 Å². The number of non-ortho nitro benzene ring substituents is 1. The first-order valence-corrected chi connectivity index (χ1v) is 4.39. The van der Waals surface area contributed by atoms with Gasteiger partial charge in [0.25, 0.3) is 5.69 Å². The molecule has 0 fully saturated rings. The van der Waals surface area contributed by atoms with Crippen molar-refractivity contribution in [2.24, 2.45) is 5.84 Å². The van der Waals surface area contributed by atoms with E-state index in [4.69, 9.17) is 5.84 Å². The first-order valence-electron chi connectivity index (χ1n) is 4.39. The van der Waals surface area contributed by atoms with Gasteiger partial charge in [0, 0.05) is 18.3 Å². The van der Waals surface area contributed by atoms with Crippen LogP contribution in [0.1, 0.15) is 5.56 Å². The fourth-order valence-corrected chi connectivity index (χ4v) is 1.41. The Morgan fingerprint density at radius 3 is 2.53 bits per heavy atom. The van der Waals surface area contributed by atoms with E-state index in [0.29, 0.717) is 6.54 Å². The monoisotopic (exact) mass is 206 g/mol. The largest absolute Gasteiger partial charge is 0.312 e. The first-order chi connectivity index (χ1) is 7.16. The number of nitro groups is 1. The van der Waals surface area contributed by atoms with Crippen LogP contribution in [0.15, 0.2) is 30.5 Å². The molecule has 1 aromatic rings. The molecule has 0 atom stereocenters. The molecule has 0 spiro atoms. The van der Waals surface area contributed by atoms with Gasteiger partial charge in [0.15, 0.2) is 0 Å². The second-order valence-electron chi connectivity index (χ2n) is 3.23. The van der Waals surface area contributed by atoms with E-state index in [1.54, 1.807) is 18.3 Å². The fourth-order valence-electron chi connectivity index (χ4n) is 1.41. The molecule has 78 valence electrons. The van der Waals surface area contributed by atoms with Crippen molar-refractivity contribution in [3.63, 3.8) is 0 Å². The van der Waals surface area contributed by atoms with Gasteiger partial charge in [-0.15, -0.1) is 0 Å². The highest BCUT2D eigenvalue weighted by Gasteiger charge is 2.12. The van der Waals surface area contributed by atoms with Crippen molar-refractivity contribution in [1.29, 1.82) is 0 Å². The molecule has 0 radical (unpaired) electrons. The summed E-state index contributed by atoms with van der Waals surface area (Å²) in [5, 5.41) is 11.9. The molecule has 0 aromatic heterocycles. The Hall–Kier alpha value is -1.92. The number of nitrogens with zero attached hydrogens (tertiary/aromatic N) is 2. The number of hydrogen-bond acceptors (Lipinski definition) is 5. The number of benzene rings is 1. The normalized spacial score (nSPS) is 15.9. The highest BCUT2D eigenvalue weighted by molar-refractivity contribution is 5.68. The molecule has 0 bridgehead atoms. The zero-order chi connectivity index (χ0) is 10.8. The number of nitrogens with one attached hydrogen (secondary N) is 1. The predicted octanol–water partition coefficient (Wildman–Crippen LogP) is 0.630. The molecule has 0 aliphatic carbocycles. The van der Waals surface area contributed by atoms with E-state index in [2.05, 4.69) is 5.43 Å². The quantitative estimate of drug-likeness (QED) is 0.421. The zero-order valence-electron chi connectivity index (χ0n) is 7.88. The second-order valence-corrected chi connectivity index (χ2v) is 3.23. The van der Waals surface area contributed by atoms with Gasteiger partial charge in [-0.05, 0) is 23.3 Å². The van der Waals surface area contributed by atoms with Gasteiger partial charge in [-0.3, -0.25) is 16.0 Å². The van der Waals surface area contributed by atoms with Crippen molar-refractivity contribution >= 4 is 11.3 Å². The molecular formula is C9H10N4O2. The van der Waals surface area contributed by atoms with Crippen LogP contribution in [-0.2, 0) is 0 Å². The standard InChI is InChI=1S/C9H10N4O2/c10-12-6-8(5-11-12)7-1-3-9(4-2-7)13(14)15/h1-5,11H,6,10H2. The van der Waals surface area contributed by atoms with Crippen molar-refractivity contribution < 1.29 is 4.92 Å². The van der Waals surface area contributed by atoms with E-state index in [9.17, 15) is 10.1 Å². The van der Waals surface area contributed by atoms with E-state index < -0.39 is 4.92 Å². The molecule has 1 aromatic carbocycles. The molecule has 0 amide bonds. The van der Waals surface area contributed by atoms with E-state index in [1.165, 1.54) is 17.3 Å². The first kappa shape index (κ1) is 9.63. The highest BCUT2D eigenvalue weighted by atomic mass is 16.6. The Balaban J connectivity index is 2.21. The summed E-state index contributed by atoms with van der Waals surface area (Å²) in [5.41, 5.74) is 4.85. The number of rotatable bonds is 2. The number of nitrogens with two attached hydrogens (primary N) is 1. The summed E-state index contributed by atoms with van der Waals surface area (Å²) in [5.74, 6) is 5.50. The van der Waals surface area contributed by atoms with Gasteiger partial charge in [-0.1, -0.05) is 0 Å². The van der Waals surface area contributed by atoms with Crippen molar-refractivity contribution in [3.05, 3.63) is 46.1 Å². The van der Waals surface area contributed by atoms with Gasteiger partial charge in [-0.25, -0.2) is 0 Å². The van der Waals surface area contributed by atoms with Crippen LogP contribution in [0.5, 0.6) is 0 Å². The lowest BCUT2D eigenvalue weighted by molar-refractivity contribution is -0.384.